The zero-order chi connectivity index (χ0) is 16.4. The Balaban J connectivity index is 1.57. The van der Waals surface area contributed by atoms with Crippen molar-refractivity contribution in [3.63, 3.8) is 0 Å². The van der Waals surface area contributed by atoms with Gasteiger partial charge in [0, 0.05) is 11.8 Å². The van der Waals surface area contributed by atoms with Gasteiger partial charge in [0.2, 0.25) is 11.8 Å². The molecule has 2 N–H and O–H groups in total. The minimum absolute atomic E-state index is 0.109. The molecule has 1 heterocycles. The van der Waals surface area contributed by atoms with E-state index in [-0.39, 0.29) is 23.7 Å². The molecule has 2 atom stereocenters. The number of benzene rings is 1. The predicted octanol–water partition coefficient (Wildman–Crippen LogP) is 2.76. The van der Waals surface area contributed by atoms with Crippen molar-refractivity contribution in [3.05, 3.63) is 41.7 Å². The Kier molecular flexibility index (Phi) is 4.14. The van der Waals surface area contributed by atoms with Crippen molar-refractivity contribution in [1.82, 2.24) is 5.16 Å². The number of aryl methyl sites for hydroxylation is 2. The van der Waals surface area contributed by atoms with Crippen LogP contribution in [0.2, 0.25) is 0 Å². The third kappa shape index (κ3) is 3.41. The molecule has 6 heteroatoms. The summed E-state index contributed by atoms with van der Waals surface area (Å²) in [7, 11) is 0. The SMILES string of the molecule is CCc1ccccc1NC(=O)C1CC1C(=O)Nc1cc(C)on1. The molecule has 1 saturated carbocycles. The number of anilines is 2. The summed E-state index contributed by atoms with van der Waals surface area (Å²) >= 11 is 0. The van der Waals surface area contributed by atoms with E-state index < -0.39 is 0 Å². The number of aromatic nitrogens is 1. The number of carbonyl (C=O) groups is 2. The molecule has 0 spiro atoms. The van der Waals surface area contributed by atoms with Gasteiger partial charge in [0.05, 0.1) is 11.8 Å². The van der Waals surface area contributed by atoms with E-state index in [2.05, 4.69) is 15.8 Å². The highest BCUT2D eigenvalue weighted by Crippen LogP contribution is 2.40. The molecule has 1 aromatic heterocycles. The van der Waals surface area contributed by atoms with Gasteiger partial charge in [-0.2, -0.15) is 0 Å². The second-order valence-corrected chi connectivity index (χ2v) is 5.76. The van der Waals surface area contributed by atoms with E-state index in [1.807, 2.05) is 31.2 Å². The number of rotatable bonds is 5. The summed E-state index contributed by atoms with van der Waals surface area (Å²) in [4.78, 5) is 24.4. The van der Waals surface area contributed by atoms with Gasteiger partial charge in [0.1, 0.15) is 5.76 Å². The predicted molar refractivity (Wildman–Crippen MR) is 85.9 cm³/mol. The fourth-order valence-electron chi connectivity index (χ4n) is 2.59. The molecule has 2 unspecified atom stereocenters. The number of para-hydroxylation sites is 1. The molecule has 120 valence electrons. The summed E-state index contributed by atoms with van der Waals surface area (Å²) in [6.07, 6.45) is 1.40. The molecule has 2 aromatic rings. The maximum absolute atomic E-state index is 12.3. The molecular formula is C17H19N3O3. The molecule has 2 amide bonds. The second-order valence-electron chi connectivity index (χ2n) is 5.76. The summed E-state index contributed by atoms with van der Waals surface area (Å²) in [6, 6.07) is 9.35. The topological polar surface area (TPSA) is 84.2 Å². The Morgan fingerprint density at radius 3 is 2.57 bits per heavy atom. The lowest BCUT2D eigenvalue weighted by Crippen LogP contribution is -2.21. The van der Waals surface area contributed by atoms with Crippen LogP contribution in [0.5, 0.6) is 0 Å². The van der Waals surface area contributed by atoms with Gasteiger partial charge in [0.15, 0.2) is 5.82 Å². The Hall–Kier alpha value is -2.63. The van der Waals surface area contributed by atoms with Crippen LogP contribution in [0.25, 0.3) is 0 Å². The largest absolute Gasteiger partial charge is 0.360 e. The summed E-state index contributed by atoms with van der Waals surface area (Å²) < 4.78 is 4.90. The van der Waals surface area contributed by atoms with Crippen LogP contribution in [0.15, 0.2) is 34.9 Å². The first-order chi connectivity index (χ1) is 11.1. The molecule has 1 aromatic carbocycles. The van der Waals surface area contributed by atoms with Crippen LogP contribution in [0.1, 0.15) is 24.7 Å². The Morgan fingerprint density at radius 1 is 1.22 bits per heavy atom. The average molecular weight is 313 g/mol. The molecule has 1 aliphatic rings. The Labute approximate surface area is 134 Å². The molecule has 23 heavy (non-hydrogen) atoms. The van der Waals surface area contributed by atoms with Gasteiger partial charge in [-0.25, -0.2) is 0 Å². The molecule has 0 saturated heterocycles. The number of hydrogen-bond donors (Lipinski definition) is 2. The maximum Gasteiger partial charge on any atom is 0.229 e. The zero-order valence-corrected chi connectivity index (χ0v) is 13.1. The van der Waals surface area contributed by atoms with E-state index in [1.54, 1.807) is 13.0 Å². The number of nitrogens with zero attached hydrogens (tertiary/aromatic N) is 1. The number of amides is 2. The third-order valence-corrected chi connectivity index (χ3v) is 4.00. The molecule has 6 nitrogen and oxygen atoms in total. The fourth-order valence-corrected chi connectivity index (χ4v) is 2.59. The Morgan fingerprint density at radius 2 is 1.91 bits per heavy atom. The molecular weight excluding hydrogens is 294 g/mol. The molecule has 3 rings (SSSR count). The lowest BCUT2D eigenvalue weighted by atomic mass is 10.1. The highest BCUT2D eigenvalue weighted by molar-refractivity contribution is 6.03. The van der Waals surface area contributed by atoms with Crippen molar-refractivity contribution >= 4 is 23.3 Å². The highest BCUT2D eigenvalue weighted by atomic mass is 16.5. The molecule has 1 aliphatic carbocycles. The lowest BCUT2D eigenvalue weighted by Gasteiger charge is -2.09. The van der Waals surface area contributed by atoms with Crippen molar-refractivity contribution in [2.75, 3.05) is 10.6 Å². The number of carbonyl (C=O) groups excluding carboxylic acids is 2. The number of hydrogen-bond acceptors (Lipinski definition) is 4. The van der Waals surface area contributed by atoms with Gasteiger partial charge < -0.3 is 15.2 Å². The fraction of sp³-hybridized carbons (Fsp3) is 0.353. The van der Waals surface area contributed by atoms with Crippen LogP contribution in [-0.4, -0.2) is 17.0 Å². The lowest BCUT2D eigenvalue weighted by molar-refractivity contribution is -0.122. The van der Waals surface area contributed by atoms with Crippen LogP contribution in [0.3, 0.4) is 0 Å². The maximum atomic E-state index is 12.3. The van der Waals surface area contributed by atoms with Gasteiger partial charge in [0.25, 0.3) is 0 Å². The standard InChI is InChI=1S/C17H19N3O3/c1-3-11-6-4-5-7-14(11)18-16(21)12-9-13(12)17(22)19-15-8-10(2)23-20-15/h4-8,12-13H,3,9H2,1-2H3,(H,18,21)(H,19,20,22). The van der Waals surface area contributed by atoms with Crippen molar-refractivity contribution in [2.24, 2.45) is 11.8 Å². The van der Waals surface area contributed by atoms with Crippen molar-refractivity contribution in [2.45, 2.75) is 26.7 Å². The summed E-state index contributed by atoms with van der Waals surface area (Å²) in [5.41, 5.74) is 1.90. The molecule has 0 aliphatic heterocycles. The number of nitrogens with one attached hydrogen (secondary N) is 2. The van der Waals surface area contributed by atoms with Gasteiger partial charge >= 0.3 is 0 Å². The first kappa shape index (κ1) is 15.3. The van der Waals surface area contributed by atoms with Gasteiger partial charge in [-0.1, -0.05) is 30.3 Å². The zero-order valence-electron chi connectivity index (χ0n) is 13.1. The summed E-state index contributed by atoms with van der Waals surface area (Å²) in [5, 5.41) is 9.31. The van der Waals surface area contributed by atoms with Crippen LogP contribution in [0, 0.1) is 18.8 Å². The highest BCUT2D eigenvalue weighted by Gasteiger charge is 2.48. The molecule has 0 radical (unpaired) electrons. The molecule has 1 fully saturated rings. The minimum atomic E-state index is -0.305. The van der Waals surface area contributed by atoms with Crippen LogP contribution in [-0.2, 0) is 16.0 Å². The van der Waals surface area contributed by atoms with E-state index in [0.29, 0.717) is 18.0 Å². The smallest absolute Gasteiger partial charge is 0.229 e. The van der Waals surface area contributed by atoms with Gasteiger partial charge in [-0.3, -0.25) is 9.59 Å². The van der Waals surface area contributed by atoms with E-state index >= 15 is 0 Å². The third-order valence-electron chi connectivity index (χ3n) is 4.00. The minimum Gasteiger partial charge on any atom is -0.360 e. The normalized spacial score (nSPS) is 19.2. The van der Waals surface area contributed by atoms with Gasteiger partial charge in [-0.15, -0.1) is 0 Å². The quantitative estimate of drug-likeness (QED) is 0.889. The van der Waals surface area contributed by atoms with Crippen LogP contribution >= 0.6 is 0 Å². The molecule has 0 bridgehead atoms. The Bertz CT molecular complexity index is 738. The van der Waals surface area contributed by atoms with E-state index in [4.69, 9.17) is 4.52 Å². The van der Waals surface area contributed by atoms with Crippen LogP contribution < -0.4 is 10.6 Å². The average Bonchev–Trinajstić information content (AvgIpc) is 3.25. The van der Waals surface area contributed by atoms with Crippen molar-refractivity contribution in [3.8, 4) is 0 Å². The van der Waals surface area contributed by atoms with E-state index in [9.17, 15) is 9.59 Å². The van der Waals surface area contributed by atoms with Crippen LogP contribution in [0.4, 0.5) is 11.5 Å². The monoisotopic (exact) mass is 313 g/mol. The first-order valence-electron chi connectivity index (χ1n) is 7.71. The van der Waals surface area contributed by atoms with Crippen molar-refractivity contribution < 1.29 is 14.1 Å². The summed E-state index contributed by atoms with van der Waals surface area (Å²) in [5.74, 6) is 0.120. The van der Waals surface area contributed by atoms with Crippen molar-refractivity contribution in [1.29, 1.82) is 0 Å². The van der Waals surface area contributed by atoms with Gasteiger partial charge in [-0.05, 0) is 31.4 Å². The first-order valence-corrected chi connectivity index (χ1v) is 7.71. The second kappa shape index (κ2) is 6.24. The summed E-state index contributed by atoms with van der Waals surface area (Å²) in [6.45, 7) is 3.79. The van der Waals surface area contributed by atoms with E-state index in [1.165, 1.54) is 0 Å². The van der Waals surface area contributed by atoms with E-state index in [0.717, 1.165) is 17.7 Å².